The second kappa shape index (κ2) is 14.6. The third-order valence-corrected chi connectivity index (χ3v) is 13.3. The van der Waals surface area contributed by atoms with Gasteiger partial charge >= 0.3 is 0 Å². The number of nitrogens with one attached hydrogen (secondary N) is 2. The van der Waals surface area contributed by atoms with Crippen LogP contribution in [-0.4, -0.2) is 90.8 Å². The van der Waals surface area contributed by atoms with Gasteiger partial charge in [-0.1, -0.05) is 32.9 Å². The lowest BCUT2D eigenvalue weighted by Gasteiger charge is -2.28. The highest BCUT2D eigenvalue weighted by atomic mass is 32.2. The van der Waals surface area contributed by atoms with Gasteiger partial charge in [0.05, 0.1) is 42.6 Å². The standard InChI is InChI=1S/C38H47N5O8S2/c1-21(2)29-20-52-35(40-29)28-16-32(27-12-13-31(49-5)23(4)33(27)39-28)51-25-15-30-34(44)41-38(37(46)42-53(47,48)26-10-11-26)17-24(38)9-7-6-8-14-50-19-22(3)36(45)43(30)18-25/h7,9,12-13,16,20-22,24-26,30H,6,8,10-11,14-15,17-19H2,1-5H3,(H,41,44)(H,42,46)/b9-7-/t22-,24+,25+,30-,38+/m0/s1. The maximum Gasteiger partial charge on any atom is 0.259 e. The number of allylic oxidation sites excluding steroid dienone is 1. The summed E-state index contributed by atoms with van der Waals surface area (Å²) in [4.78, 5) is 53.3. The van der Waals surface area contributed by atoms with Gasteiger partial charge in [0.1, 0.15) is 39.9 Å². The van der Waals surface area contributed by atoms with Gasteiger partial charge < -0.3 is 24.4 Å². The molecule has 7 rings (SSSR count). The molecule has 284 valence electrons. The predicted octanol–water partition coefficient (Wildman–Crippen LogP) is 4.63. The van der Waals surface area contributed by atoms with Crippen LogP contribution < -0.4 is 19.5 Å². The zero-order valence-electron chi connectivity index (χ0n) is 30.7. The van der Waals surface area contributed by atoms with E-state index in [0.717, 1.165) is 21.7 Å². The van der Waals surface area contributed by atoms with Crippen LogP contribution >= 0.6 is 11.3 Å². The van der Waals surface area contributed by atoms with Crippen LogP contribution in [-0.2, 0) is 29.1 Å². The number of pyridine rings is 1. The van der Waals surface area contributed by atoms with E-state index in [4.69, 9.17) is 24.2 Å². The number of hydrogen-bond donors (Lipinski definition) is 2. The number of methoxy groups -OCH3 is 1. The summed E-state index contributed by atoms with van der Waals surface area (Å²) in [5.41, 5.74) is 1.67. The summed E-state index contributed by atoms with van der Waals surface area (Å²) in [5, 5.41) is 5.84. The van der Waals surface area contributed by atoms with Gasteiger partial charge in [-0.3, -0.25) is 19.1 Å². The number of ether oxygens (including phenoxy) is 3. The van der Waals surface area contributed by atoms with E-state index in [9.17, 15) is 22.8 Å². The van der Waals surface area contributed by atoms with E-state index in [1.54, 1.807) is 14.0 Å². The molecule has 3 fully saturated rings. The molecule has 5 atom stereocenters. The predicted molar refractivity (Wildman–Crippen MR) is 200 cm³/mol. The van der Waals surface area contributed by atoms with Crippen molar-refractivity contribution in [3.63, 3.8) is 0 Å². The molecule has 1 saturated heterocycles. The Morgan fingerprint density at radius 2 is 1.98 bits per heavy atom. The second-order valence-electron chi connectivity index (χ2n) is 15.0. The number of fused-ring (bicyclic) bond motifs is 3. The molecule has 0 bridgehead atoms. The Hall–Kier alpha value is -4.08. The van der Waals surface area contributed by atoms with E-state index in [-0.39, 0.29) is 37.8 Å². The smallest absolute Gasteiger partial charge is 0.259 e. The fraction of sp³-hybridized carbons (Fsp3) is 0.553. The average molecular weight is 766 g/mol. The summed E-state index contributed by atoms with van der Waals surface area (Å²) in [6, 6.07) is 4.63. The number of aryl methyl sites for hydroxylation is 1. The molecule has 53 heavy (non-hydrogen) atoms. The van der Waals surface area contributed by atoms with Gasteiger partial charge in [0, 0.05) is 41.3 Å². The topological polar surface area (TPSA) is 166 Å². The molecule has 4 heterocycles. The molecule has 3 amide bonds. The molecule has 2 aromatic heterocycles. The number of benzene rings is 1. The van der Waals surface area contributed by atoms with Crippen LogP contribution in [0.3, 0.4) is 0 Å². The number of carbonyl (C=O) groups excluding carboxylic acids is 3. The third kappa shape index (κ3) is 7.52. The van der Waals surface area contributed by atoms with Crippen molar-refractivity contribution < 1.29 is 37.0 Å². The monoisotopic (exact) mass is 765 g/mol. The number of nitrogens with zero attached hydrogens (tertiary/aromatic N) is 3. The first-order valence-electron chi connectivity index (χ1n) is 18.3. The van der Waals surface area contributed by atoms with Crippen molar-refractivity contribution >= 4 is 50.0 Å². The van der Waals surface area contributed by atoms with Crippen LogP contribution in [0.2, 0.25) is 0 Å². The molecule has 2 N–H and O–H groups in total. The first-order valence-corrected chi connectivity index (χ1v) is 20.8. The Balaban J connectivity index is 1.21. The molecule has 0 unspecified atom stereocenters. The van der Waals surface area contributed by atoms with Crippen molar-refractivity contribution in [3.8, 4) is 22.2 Å². The van der Waals surface area contributed by atoms with Gasteiger partial charge in [-0.15, -0.1) is 11.3 Å². The summed E-state index contributed by atoms with van der Waals surface area (Å²) < 4.78 is 46.0. The fourth-order valence-corrected chi connectivity index (χ4v) is 9.48. The van der Waals surface area contributed by atoms with Gasteiger partial charge in [-0.05, 0) is 57.1 Å². The third-order valence-electron chi connectivity index (χ3n) is 10.6. The maximum absolute atomic E-state index is 14.3. The van der Waals surface area contributed by atoms with Gasteiger partial charge in [0.2, 0.25) is 21.8 Å². The highest BCUT2D eigenvalue weighted by molar-refractivity contribution is 7.91. The van der Waals surface area contributed by atoms with E-state index < -0.39 is 56.6 Å². The molecule has 2 aliphatic heterocycles. The first-order chi connectivity index (χ1) is 25.3. The summed E-state index contributed by atoms with van der Waals surface area (Å²) in [5.74, 6) is -1.03. The molecule has 1 aromatic carbocycles. The fourth-order valence-electron chi connectivity index (χ4n) is 7.18. The van der Waals surface area contributed by atoms with E-state index in [0.29, 0.717) is 55.0 Å². The molecule has 3 aromatic rings. The van der Waals surface area contributed by atoms with Crippen molar-refractivity contribution in [2.45, 2.75) is 95.1 Å². The number of amides is 3. The summed E-state index contributed by atoms with van der Waals surface area (Å²) in [7, 11) is -2.24. The number of rotatable bonds is 8. The quantitative estimate of drug-likeness (QED) is 0.309. The van der Waals surface area contributed by atoms with Crippen LogP contribution in [0.25, 0.3) is 21.6 Å². The molecule has 4 aliphatic rings. The number of thiazole rings is 1. The van der Waals surface area contributed by atoms with Gasteiger partial charge in [-0.25, -0.2) is 18.4 Å². The molecular weight excluding hydrogens is 719 g/mol. The van der Waals surface area contributed by atoms with Crippen LogP contribution in [0.1, 0.15) is 76.5 Å². The van der Waals surface area contributed by atoms with Crippen molar-refractivity contribution in [3.05, 3.63) is 47.0 Å². The van der Waals surface area contributed by atoms with E-state index >= 15 is 0 Å². The number of aromatic nitrogens is 2. The Kier molecular flexibility index (Phi) is 10.3. The van der Waals surface area contributed by atoms with E-state index in [2.05, 4.69) is 23.9 Å². The lowest BCUT2D eigenvalue weighted by atomic mass is 10.1. The summed E-state index contributed by atoms with van der Waals surface area (Å²) in [6.07, 6.45) is 5.98. The highest BCUT2D eigenvalue weighted by Crippen LogP contribution is 2.46. The Bertz CT molecular complexity index is 2060. The largest absolute Gasteiger partial charge is 0.496 e. The van der Waals surface area contributed by atoms with Crippen LogP contribution in [0, 0.1) is 18.8 Å². The molecule has 2 aliphatic carbocycles. The summed E-state index contributed by atoms with van der Waals surface area (Å²) >= 11 is 1.50. The van der Waals surface area contributed by atoms with Crippen LogP contribution in [0.5, 0.6) is 11.5 Å². The zero-order chi connectivity index (χ0) is 37.7. The Morgan fingerprint density at radius 3 is 2.70 bits per heavy atom. The molecule has 0 radical (unpaired) electrons. The van der Waals surface area contributed by atoms with Crippen molar-refractivity contribution in [1.82, 2.24) is 24.9 Å². The second-order valence-corrected chi connectivity index (χ2v) is 17.8. The minimum atomic E-state index is -3.85. The van der Waals surface area contributed by atoms with Gasteiger partial charge in [0.25, 0.3) is 5.91 Å². The molecule has 13 nitrogen and oxygen atoms in total. The number of hydrogen-bond acceptors (Lipinski definition) is 11. The lowest BCUT2D eigenvalue weighted by Crippen LogP contribution is -2.57. The Labute approximate surface area is 313 Å². The van der Waals surface area contributed by atoms with Crippen molar-refractivity contribution in [1.29, 1.82) is 0 Å². The molecule has 15 heteroatoms. The lowest BCUT2D eigenvalue weighted by molar-refractivity contribution is -0.143. The van der Waals surface area contributed by atoms with E-state index in [1.165, 1.54) is 16.2 Å². The van der Waals surface area contributed by atoms with Crippen LogP contribution in [0.15, 0.2) is 35.7 Å². The number of sulfonamides is 1. The highest BCUT2D eigenvalue weighted by Gasteiger charge is 2.62. The van der Waals surface area contributed by atoms with Gasteiger partial charge in [-0.2, -0.15) is 0 Å². The Morgan fingerprint density at radius 1 is 1.19 bits per heavy atom. The minimum absolute atomic E-state index is 0.114. The summed E-state index contributed by atoms with van der Waals surface area (Å²) in [6.45, 7) is 8.64. The molecule has 2 saturated carbocycles. The van der Waals surface area contributed by atoms with Crippen molar-refractivity contribution in [2.75, 3.05) is 26.9 Å². The molecule has 0 spiro atoms. The minimum Gasteiger partial charge on any atom is -0.496 e. The average Bonchev–Trinajstić information content (AvgIpc) is 4.00. The molecular formula is C38H47N5O8S2. The normalized spacial score (nSPS) is 27.3. The zero-order valence-corrected chi connectivity index (χ0v) is 32.3. The van der Waals surface area contributed by atoms with Gasteiger partial charge in [0.15, 0.2) is 0 Å². The van der Waals surface area contributed by atoms with E-state index in [1.807, 2.05) is 42.7 Å². The first kappa shape index (κ1) is 37.2. The maximum atomic E-state index is 14.3. The van der Waals surface area contributed by atoms with Crippen molar-refractivity contribution in [2.24, 2.45) is 11.8 Å². The SMILES string of the molecule is COc1ccc2c(O[C@@H]3C[C@H]4C(=O)N[C@]5(C(=O)NS(=O)(=O)C6CC6)C[C@H]5/C=C\CCCOC[C@H](C)C(=O)N4C3)cc(-c3nc(C(C)C)cs3)nc2c1C. The number of carbonyl (C=O) groups is 3. The van der Waals surface area contributed by atoms with Crippen LogP contribution in [0.4, 0.5) is 0 Å².